The number of hydrogen-bond acceptors (Lipinski definition) is 4. The lowest BCUT2D eigenvalue weighted by atomic mass is 10.2. The summed E-state index contributed by atoms with van der Waals surface area (Å²) in [5, 5.41) is 11.5. The van der Waals surface area contributed by atoms with Gasteiger partial charge in [-0.15, -0.1) is 11.3 Å². The highest BCUT2D eigenvalue weighted by Crippen LogP contribution is 2.24. The van der Waals surface area contributed by atoms with Crippen LogP contribution in [0.15, 0.2) is 41.8 Å². The molecule has 0 saturated carbocycles. The maximum absolute atomic E-state index is 13.6. The molecule has 1 aromatic carbocycles. The second-order valence-electron chi connectivity index (χ2n) is 6.53. The molecule has 2 aromatic heterocycles. The first-order chi connectivity index (χ1) is 13.3. The normalized spacial score (nSPS) is 11.9. The van der Waals surface area contributed by atoms with Crippen LogP contribution in [0.5, 0.6) is 0 Å². The maximum Gasteiger partial charge on any atom is 0.313 e. The summed E-state index contributed by atoms with van der Waals surface area (Å²) in [5.74, 6) is -2.08. The molecule has 0 spiro atoms. The summed E-state index contributed by atoms with van der Waals surface area (Å²) in [6, 6.07) is 9.91. The minimum Gasteiger partial charge on any atom is -0.345 e. The number of aryl methyl sites for hydroxylation is 3. The van der Waals surface area contributed by atoms with Crippen LogP contribution >= 0.6 is 11.3 Å². The molecule has 0 aliphatic carbocycles. The second kappa shape index (κ2) is 8.35. The number of thiophene rings is 1. The monoisotopic (exact) mass is 400 g/mol. The smallest absolute Gasteiger partial charge is 0.313 e. The molecule has 28 heavy (non-hydrogen) atoms. The second-order valence-corrected chi connectivity index (χ2v) is 7.51. The average molecular weight is 400 g/mol. The van der Waals surface area contributed by atoms with Gasteiger partial charge < -0.3 is 10.6 Å². The predicted octanol–water partition coefficient (Wildman–Crippen LogP) is 3.35. The fourth-order valence-corrected chi connectivity index (χ4v) is 3.69. The number of anilines is 1. The van der Waals surface area contributed by atoms with Gasteiger partial charge in [0.05, 0.1) is 5.69 Å². The van der Waals surface area contributed by atoms with Crippen molar-refractivity contribution >= 4 is 28.8 Å². The van der Waals surface area contributed by atoms with Crippen LogP contribution in [0.1, 0.15) is 27.9 Å². The number of halogens is 1. The Morgan fingerprint density at radius 1 is 1.18 bits per heavy atom. The number of amides is 2. The van der Waals surface area contributed by atoms with E-state index in [0.29, 0.717) is 5.56 Å². The summed E-state index contributed by atoms with van der Waals surface area (Å²) in [5.41, 5.74) is 2.54. The van der Waals surface area contributed by atoms with Gasteiger partial charge in [-0.05, 0) is 56.0 Å². The summed E-state index contributed by atoms with van der Waals surface area (Å²) in [4.78, 5) is 25.4. The minimum atomic E-state index is -0.846. The van der Waals surface area contributed by atoms with Crippen LogP contribution in [-0.4, -0.2) is 28.1 Å². The van der Waals surface area contributed by atoms with E-state index in [1.165, 1.54) is 6.07 Å². The molecule has 3 rings (SSSR count). The van der Waals surface area contributed by atoms with Gasteiger partial charge in [0.15, 0.2) is 0 Å². The van der Waals surface area contributed by atoms with Gasteiger partial charge in [-0.25, -0.2) is 4.39 Å². The molecule has 3 aromatic rings. The number of carbonyl (C=O) groups is 2. The van der Waals surface area contributed by atoms with E-state index in [9.17, 15) is 14.0 Å². The molecule has 0 aliphatic rings. The quantitative estimate of drug-likeness (QED) is 0.645. The molecule has 6 nitrogen and oxygen atoms in total. The van der Waals surface area contributed by atoms with Crippen LogP contribution in [0.3, 0.4) is 0 Å². The number of benzene rings is 1. The molecular formula is C20H21FN4O2S. The van der Waals surface area contributed by atoms with Crippen LogP contribution in [0, 0.1) is 26.6 Å². The third-order valence-electron chi connectivity index (χ3n) is 4.30. The van der Waals surface area contributed by atoms with Crippen molar-refractivity contribution in [2.45, 2.75) is 26.8 Å². The van der Waals surface area contributed by atoms with Crippen molar-refractivity contribution < 1.29 is 14.0 Å². The zero-order valence-electron chi connectivity index (χ0n) is 15.8. The first-order valence-electron chi connectivity index (χ1n) is 8.76. The van der Waals surface area contributed by atoms with Crippen molar-refractivity contribution in [3.05, 3.63) is 69.4 Å². The predicted molar refractivity (Wildman–Crippen MR) is 107 cm³/mol. The van der Waals surface area contributed by atoms with Gasteiger partial charge in [-0.1, -0.05) is 12.1 Å². The number of hydrogen-bond donors (Lipinski definition) is 2. The molecular weight excluding hydrogens is 379 g/mol. The lowest BCUT2D eigenvalue weighted by Gasteiger charge is -2.18. The van der Waals surface area contributed by atoms with E-state index >= 15 is 0 Å². The summed E-state index contributed by atoms with van der Waals surface area (Å²) in [7, 11) is 0. The van der Waals surface area contributed by atoms with Crippen molar-refractivity contribution in [2.24, 2.45) is 0 Å². The Morgan fingerprint density at radius 3 is 2.57 bits per heavy atom. The summed E-state index contributed by atoms with van der Waals surface area (Å²) in [6.07, 6.45) is 0. The van der Waals surface area contributed by atoms with Crippen LogP contribution < -0.4 is 10.6 Å². The molecule has 0 aliphatic heterocycles. The van der Waals surface area contributed by atoms with Gasteiger partial charge in [0, 0.05) is 22.8 Å². The van der Waals surface area contributed by atoms with E-state index in [1.54, 1.807) is 30.4 Å². The molecule has 0 bridgehead atoms. The van der Waals surface area contributed by atoms with Gasteiger partial charge in [0.25, 0.3) is 0 Å². The molecule has 2 amide bonds. The van der Waals surface area contributed by atoms with Crippen molar-refractivity contribution in [3.63, 3.8) is 0 Å². The Labute approximate surface area is 166 Å². The van der Waals surface area contributed by atoms with Crippen molar-refractivity contribution in [1.82, 2.24) is 15.1 Å². The van der Waals surface area contributed by atoms with Gasteiger partial charge >= 0.3 is 11.8 Å². The molecule has 0 saturated heterocycles. The lowest BCUT2D eigenvalue weighted by Crippen LogP contribution is -2.39. The Balaban J connectivity index is 1.68. The van der Waals surface area contributed by atoms with E-state index in [4.69, 9.17) is 0 Å². The van der Waals surface area contributed by atoms with Crippen molar-refractivity contribution in [2.75, 3.05) is 11.9 Å². The fraction of sp³-hybridized carbons (Fsp3) is 0.250. The molecule has 1 atom stereocenters. The number of aromatic nitrogens is 2. The van der Waals surface area contributed by atoms with Crippen LogP contribution in [0.25, 0.3) is 0 Å². The van der Waals surface area contributed by atoms with E-state index in [1.807, 2.05) is 42.1 Å². The largest absolute Gasteiger partial charge is 0.345 e. The van der Waals surface area contributed by atoms with Crippen LogP contribution in [-0.2, 0) is 9.59 Å². The number of nitrogens with one attached hydrogen (secondary N) is 2. The molecule has 0 fully saturated rings. The zero-order chi connectivity index (χ0) is 20.3. The van der Waals surface area contributed by atoms with Crippen molar-refractivity contribution in [1.29, 1.82) is 0 Å². The SMILES string of the molecule is Cc1cc(C)n(C(CNC(=O)C(=O)Nc2ccc(C)c(F)c2)c2cccs2)n1. The summed E-state index contributed by atoms with van der Waals surface area (Å²) >= 11 is 1.56. The first-order valence-corrected chi connectivity index (χ1v) is 9.64. The molecule has 2 heterocycles. The summed E-state index contributed by atoms with van der Waals surface area (Å²) in [6.45, 7) is 5.68. The van der Waals surface area contributed by atoms with Gasteiger partial charge in [0.2, 0.25) is 0 Å². The Bertz CT molecular complexity index is 998. The van der Waals surface area contributed by atoms with E-state index in [-0.39, 0.29) is 18.3 Å². The lowest BCUT2D eigenvalue weighted by molar-refractivity contribution is -0.136. The van der Waals surface area contributed by atoms with Gasteiger partial charge in [-0.2, -0.15) is 5.10 Å². The average Bonchev–Trinajstić information content (AvgIpc) is 3.28. The molecule has 0 radical (unpaired) electrons. The molecule has 146 valence electrons. The minimum absolute atomic E-state index is 0.205. The Morgan fingerprint density at radius 2 is 1.96 bits per heavy atom. The highest BCUT2D eigenvalue weighted by molar-refractivity contribution is 7.10. The molecule has 8 heteroatoms. The van der Waals surface area contributed by atoms with Crippen LogP contribution in [0.2, 0.25) is 0 Å². The van der Waals surface area contributed by atoms with Crippen LogP contribution in [0.4, 0.5) is 10.1 Å². The Kier molecular flexibility index (Phi) is 5.89. The van der Waals surface area contributed by atoms with E-state index in [0.717, 1.165) is 16.3 Å². The third kappa shape index (κ3) is 4.45. The maximum atomic E-state index is 13.6. The topological polar surface area (TPSA) is 76.0 Å². The third-order valence-corrected chi connectivity index (χ3v) is 5.28. The molecule has 2 N–H and O–H groups in total. The number of rotatable bonds is 5. The zero-order valence-corrected chi connectivity index (χ0v) is 16.6. The number of nitrogens with zero attached hydrogens (tertiary/aromatic N) is 2. The molecule has 1 unspecified atom stereocenters. The fourth-order valence-electron chi connectivity index (χ4n) is 2.88. The summed E-state index contributed by atoms with van der Waals surface area (Å²) < 4.78 is 15.5. The van der Waals surface area contributed by atoms with Crippen molar-refractivity contribution in [3.8, 4) is 0 Å². The highest BCUT2D eigenvalue weighted by atomic mass is 32.1. The standard InChI is InChI=1S/C20H21FN4O2S/c1-12-6-7-15(10-16(12)21)23-20(27)19(26)22-11-17(18-5-4-8-28-18)25-14(3)9-13(2)24-25/h4-10,17H,11H2,1-3H3,(H,22,26)(H,23,27). The van der Waals surface area contributed by atoms with E-state index in [2.05, 4.69) is 15.7 Å². The van der Waals surface area contributed by atoms with E-state index < -0.39 is 17.6 Å². The van der Waals surface area contributed by atoms with Gasteiger partial charge in [-0.3, -0.25) is 14.3 Å². The Hall–Kier alpha value is -3.00. The number of carbonyl (C=O) groups excluding carboxylic acids is 2. The van der Waals surface area contributed by atoms with Gasteiger partial charge in [0.1, 0.15) is 11.9 Å². The first kappa shape index (κ1) is 19.8. The highest BCUT2D eigenvalue weighted by Gasteiger charge is 2.21.